The minimum absolute atomic E-state index is 1.01. The van der Waals surface area contributed by atoms with Gasteiger partial charge in [0, 0.05) is 0 Å². The van der Waals surface area contributed by atoms with Crippen molar-refractivity contribution in [1.29, 1.82) is 0 Å². The van der Waals surface area contributed by atoms with Crippen LogP contribution in [-0.4, -0.2) is 0 Å². The van der Waals surface area contributed by atoms with Gasteiger partial charge in [0.05, 0.1) is 0 Å². The summed E-state index contributed by atoms with van der Waals surface area (Å²) in [6, 6.07) is 0. The van der Waals surface area contributed by atoms with Crippen molar-refractivity contribution < 1.29 is 0 Å². The van der Waals surface area contributed by atoms with Crippen molar-refractivity contribution in [2.75, 3.05) is 0 Å². The maximum Gasteiger partial charge on any atom is -0.0169 e. The zero-order valence-electron chi connectivity index (χ0n) is 10.1. The summed E-state index contributed by atoms with van der Waals surface area (Å²) >= 11 is 0. The number of unbranched alkanes of at least 4 members (excludes halogenated alkanes) is 6. The fourth-order valence-electron chi connectivity index (χ4n) is 1.42. The molecule has 0 amide bonds. The molecule has 15 heavy (non-hydrogen) atoms. The van der Waals surface area contributed by atoms with Crippen molar-refractivity contribution >= 4 is 0 Å². The standard InChI is InChI=1S/C15H26/c1-3-5-7-9-11-13-15-14-12-10-8-6-4-2/h7,9,13,15H,1-6,8,10-12,14H2. The second kappa shape index (κ2) is 13.5. The van der Waals surface area contributed by atoms with Crippen LogP contribution in [0.15, 0.2) is 24.3 Å². The van der Waals surface area contributed by atoms with Crippen LogP contribution in [0.2, 0.25) is 0 Å². The van der Waals surface area contributed by atoms with Gasteiger partial charge in [0.1, 0.15) is 0 Å². The molecule has 0 aromatic rings. The number of hydrogen-bond donors (Lipinski definition) is 0. The first-order chi connectivity index (χ1) is 7.41. The zero-order valence-corrected chi connectivity index (χ0v) is 10.1. The van der Waals surface area contributed by atoms with Crippen LogP contribution in [0.1, 0.15) is 57.8 Å². The molecule has 0 heterocycles. The average molecular weight is 206 g/mol. The van der Waals surface area contributed by atoms with Gasteiger partial charge in [0.15, 0.2) is 0 Å². The smallest absolute Gasteiger partial charge is 0.0169 e. The molecule has 0 rings (SSSR count). The Kier molecular flexibility index (Phi) is 13.0. The first-order valence-corrected chi connectivity index (χ1v) is 6.30. The molecule has 0 bridgehead atoms. The molecule has 0 aliphatic heterocycles. The maximum absolute atomic E-state index is 3.84. The highest BCUT2D eigenvalue weighted by Crippen LogP contribution is 2.05. The van der Waals surface area contributed by atoms with Crippen LogP contribution in [0.25, 0.3) is 0 Å². The number of rotatable bonds is 10. The zero-order chi connectivity index (χ0) is 11.2. The third-order valence-corrected chi connectivity index (χ3v) is 2.35. The van der Waals surface area contributed by atoms with E-state index in [4.69, 9.17) is 0 Å². The molecule has 0 aliphatic carbocycles. The quantitative estimate of drug-likeness (QED) is 0.337. The molecule has 0 spiro atoms. The molecule has 0 fully saturated rings. The maximum atomic E-state index is 3.84. The molecule has 0 atom stereocenters. The molecule has 2 radical (unpaired) electrons. The average Bonchev–Trinajstić information content (AvgIpc) is 2.26. The van der Waals surface area contributed by atoms with Gasteiger partial charge in [-0.2, -0.15) is 0 Å². The number of allylic oxidation sites excluding steroid dienone is 4. The Morgan fingerprint density at radius 3 is 1.93 bits per heavy atom. The summed E-state index contributed by atoms with van der Waals surface area (Å²) in [7, 11) is 0. The minimum atomic E-state index is 1.01. The fourth-order valence-corrected chi connectivity index (χ4v) is 1.42. The van der Waals surface area contributed by atoms with E-state index in [0.29, 0.717) is 0 Å². The molecule has 0 N–H and O–H groups in total. The van der Waals surface area contributed by atoms with E-state index in [2.05, 4.69) is 38.2 Å². The van der Waals surface area contributed by atoms with E-state index in [9.17, 15) is 0 Å². The van der Waals surface area contributed by atoms with Crippen LogP contribution in [0.4, 0.5) is 0 Å². The minimum Gasteiger partial charge on any atom is -0.0882 e. The highest BCUT2D eigenvalue weighted by atomic mass is 13.9. The Hall–Kier alpha value is -0.520. The molecule has 0 saturated heterocycles. The normalized spacial score (nSPS) is 11.9. The van der Waals surface area contributed by atoms with Crippen LogP contribution in [0.5, 0.6) is 0 Å². The lowest BCUT2D eigenvalue weighted by atomic mass is 10.1. The van der Waals surface area contributed by atoms with E-state index in [1.165, 1.54) is 32.1 Å². The van der Waals surface area contributed by atoms with Crippen molar-refractivity contribution in [3.63, 3.8) is 0 Å². The fraction of sp³-hybridized carbons (Fsp3) is 0.600. The predicted molar refractivity (Wildman–Crippen MR) is 70.5 cm³/mol. The third-order valence-electron chi connectivity index (χ3n) is 2.35. The second-order valence-corrected chi connectivity index (χ2v) is 3.88. The van der Waals surface area contributed by atoms with Gasteiger partial charge >= 0.3 is 0 Å². The van der Waals surface area contributed by atoms with Crippen molar-refractivity contribution in [3.8, 4) is 0 Å². The molecular formula is C15H26. The molecule has 0 aliphatic rings. The SMILES string of the molecule is [CH2]CCC=CCC=CCCCCCC[CH2]. The van der Waals surface area contributed by atoms with Crippen LogP contribution in [-0.2, 0) is 0 Å². The van der Waals surface area contributed by atoms with Crippen LogP contribution < -0.4 is 0 Å². The van der Waals surface area contributed by atoms with Crippen molar-refractivity contribution in [2.45, 2.75) is 57.8 Å². The largest absolute Gasteiger partial charge is 0.0882 e. The summed E-state index contributed by atoms with van der Waals surface area (Å²) in [4.78, 5) is 0. The van der Waals surface area contributed by atoms with E-state index >= 15 is 0 Å². The van der Waals surface area contributed by atoms with Gasteiger partial charge < -0.3 is 0 Å². The highest BCUT2D eigenvalue weighted by molar-refractivity contribution is 4.92. The van der Waals surface area contributed by atoms with E-state index in [1.54, 1.807) is 0 Å². The van der Waals surface area contributed by atoms with Gasteiger partial charge in [0.25, 0.3) is 0 Å². The first-order valence-electron chi connectivity index (χ1n) is 6.30. The lowest BCUT2D eigenvalue weighted by Crippen LogP contribution is -1.75. The lowest BCUT2D eigenvalue weighted by Gasteiger charge is -1.95. The van der Waals surface area contributed by atoms with E-state index in [1.807, 2.05) is 0 Å². The van der Waals surface area contributed by atoms with E-state index in [-0.39, 0.29) is 0 Å². The molecule has 0 aromatic heterocycles. The van der Waals surface area contributed by atoms with Gasteiger partial charge in [-0.1, -0.05) is 63.8 Å². The summed E-state index contributed by atoms with van der Waals surface area (Å²) in [5.74, 6) is 0. The monoisotopic (exact) mass is 206 g/mol. The summed E-state index contributed by atoms with van der Waals surface area (Å²) in [5, 5.41) is 0. The Balaban J connectivity index is 3.10. The highest BCUT2D eigenvalue weighted by Gasteiger charge is 1.85. The van der Waals surface area contributed by atoms with Crippen molar-refractivity contribution in [2.24, 2.45) is 0 Å². The van der Waals surface area contributed by atoms with Crippen LogP contribution in [0, 0.1) is 13.8 Å². The Morgan fingerprint density at radius 1 is 0.600 bits per heavy atom. The van der Waals surface area contributed by atoms with Gasteiger partial charge in [-0.3, -0.25) is 0 Å². The van der Waals surface area contributed by atoms with Crippen LogP contribution in [0.3, 0.4) is 0 Å². The van der Waals surface area contributed by atoms with E-state index < -0.39 is 0 Å². The van der Waals surface area contributed by atoms with Crippen LogP contribution >= 0.6 is 0 Å². The van der Waals surface area contributed by atoms with Gasteiger partial charge in [0.2, 0.25) is 0 Å². The predicted octanol–water partition coefficient (Wildman–Crippen LogP) is 5.28. The lowest BCUT2D eigenvalue weighted by molar-refractivity contribution is 0.651. The second-order valence-electron chi connectivity index (χ2n) is 3.88. The third kappa shape index (κ3) is 13.5. The van der Waals surface area contributed by atoms with Crippen molar-refractivity contribution in [3.05, 3.63) is 38.2 Å². The first kappa shape index (κ1) is 14.5. The van der Waals surface area contributed by atoms with Gasteiger partial charge in [-0.05, 0) is 32.1 Å². The molecular weight excluding hydrogens is 180 g/mol. The van der Waals surface area contributed by atoms with E-state index in [0.717, 1.165) is 25.7 Å². The summed E-state index contributed by atoms with van der Waals surface area (Å²) in [5.41, 5.74) is 0. The van der Waals surface area contributed by atoms with Crippen molar-refractivity contribution in [1.82, 2.24) is 0 Å². The molecule has 0 aromatic carbocycles. The summed E-state index contributed by atoms with van der Waals surface area (Å²) in [6.07, 6.45) is 19.9. The Morgan fingerprint density at radius 2 is 1.27 bits per heavy atom. The summed E-state index contributed by atoms with van der Waals surface area (Å²) in [6.45, 7) is 7.64. The number of hydrogen-bond acceptors (Lipinski definition) is 0. The molecule has 86 valence electrons. The molecule has 0 unspecified atom stereocenters. The molecule has 0 nitrogen and oxygen atoms in total. The molecule has 0 heteroatoms. The van der Waals surface area contributed by atoms with Gasteiger partial charge in [-0.25, -0.2) is 0 Å². The molecule has 0 saturated carbocycles. The Bertz CT molecular complexity index is 153. The topological polar surface area (TPSA) is 0 Å². The summed E-state index contributed by atoms with van der Waals surface area (Å²) < 4.78 is 0. The van der Waals surface area contributed by atoms with Gasteiger partial charge in [-0.15, -0.1) is 0 Å². The Labute approximate surface area is 96.5 Å².